The van der Waals surface area contributed by atoms with Crippen molar-refractivity contribution in [3.63, 3.8) is 0 Å². The number of aliphatic hydroxyl groups excluding tert-OH is 1. The molecular weight excluding hydrogens is 251 g/mol. The average Bonchev–Trinajstić information content (AvgIpc) is 2.37. The van der Waals surface area contributed by atoms with E-state index in [0.717, 1.165) is 6.42 Å². The first-order valence-corrected chi connectivity index (χ1v) is 6.32. The van der Waals surface area contributed by atoms with E-state index in [9.17, 15) is 9.50 Å². The summed E-state index contributed by atoms with van der Waals surface area (Å²) < 4.78 is 29.1. The van der Waals surface area contributed by atoms with E-state index in [4.69, 9.17) is 14.2 Å². The maximum Gasteiger partial charge on any atom is 0.132 e. The standard InChI is InChI=1S/C14H21FO4/c1-11(16)13-5-4-12(10-14(13)15)19-9-8-18-7-3-6-17-2/h4-5,10-11,16H,3,6-9H2,1-2H3/t11-/m1/s1. The second kappa shape index (κ2) is 8.85. The van der Waals surface area contributed by atoms with Crippen molar-refractivity contribution < 1.29 is 23.7 Å². The van der Waals surface area contributed by atoms with Gasteiger partial charge >= 0.3 is 0 Å². The molecule has 5 heteroatoms. The van der Waals surface area contributed by atoms with Gasteiger partial charge in [0.05, 0.1) is 12.7 Å². The van der Waals surface area contributed by atoms with Crippen LogP contribution >= 0.6 is 0 Å². The third-order valence-electron chi connectivity index (χ3n) is 2.56. The van der Waals surface area contributed by atoms with E-state index in [1.165, 1.54) is 19.1 Å². The van der Waals surface area contributed by atoms with Gasteiger partial charge in [-0.05, 0) is 25.5 Å². The Kier molecular flexibility index (Phi) is 7.40. The molecule has 1 rings (SSSR count). The lowest BCUT2D eigenvalue weighted by atomic mass is 10.1. The molecule has 0 aliphatic heterocycles. The average molecular weight is 272 g/mol. The van der Waals surface area contributed by atoms with E-state index in [-0.39, 0.29) is 5.56 Å². The van der Waals surface area contributed by atoms with Gasteiger partial charge in [0.2, 0.25) is 0 Å². The van der Waals surface area contributed by atoms with Gasteiger partial charge in [-0.25, -0.2) is 4.39 Å². The minimum Gasteiger partial charge on any atom is -0.491 e. The molecule has 0 aliphatic carbocycles. The highest BCUT2D eigenvalue weighted by Crippen LogP contribution is 2.21. The number of hydrogen-bond acceptors (Lipinski definition) is 4. The van der Waals surface area contributed by atoms with Crippen molar-refractivity contribution in [2.45, 2.75) is 19.4 Å². The summed E-state index contributed by atoms with van der Waals surface area (Å²) in [6.07, 6.45) is 0.0203. The van der Waals surface area contributed by atoms with Gasteiger partial charge in [-0.2, -0.15) is 0 Å². The SMILES string of the molecule is COCCCOCCOc1ccc([C@@H](C)O)c(F)c1. The van der Waals surface area contributed by atoms with Crippen LogP contribution in [0, 0.1) is 5.82 Å². The molecule has 1 N–H and O–H groups in total. The van der Waals surface area contributed by atoms with Gasteiger partial charge in [0.25, 0.3) is 0 Å². The summed E-state index contributed by atoms with van der Waals surface area (Å²) in [6.45, 7) is 3.62. The summed E-state index contributed by atoms with van der Waals surface area (Å²) in [5.74, 6) is -0.0316. The van der Waals surface area contributed by atoms with E-state index in [0.29, 0.717) is 32.2 Å². The monoisotopic (exact) mass is 272 g/mol. The van der Waals surface area contributed by atoms with Gasteiger partial charge in [-0.15, -0.1) is 0 Å². The smallest absolute Gasteiger partial charge is 0.132 e. The van der Waals surface area contributed by atoms with Crippen LogP contribution in [0.5, 0.6) is 5.75 Å². The zero-order valence-corrected chi connectivity index (χ0v) is 11.4. The molecule has 0 unspecified atom stereocenters. The molecule has 0 heterocycles. The predicted molar refractivity (Wildman–Crippen MR) is 69.8 cm³/mol. The lowest BCUT2D eigenvalue weighted by Gasteiger charge is -2.10. The first-order chi connectivity index (χ1) is 9.15. The maximum atomic E-state index is 13.5. The zero-order valence-electron chi connectivity index (χ0n) is 11.4. The molecule has 0 aliphatic rings. The molecule has 0 spiro atoms. The largest absolute Gasteiger partial charge is 0.491 e. The van der Waals surface area contributed by atoms with Crippen LogP contribution in [0.3, 0.4) is 0 Å². The molecule has 1 aromatic rings. The van der Waals surface area contributed by atoms with Crippen molar-refractivity contribution >= 4 is 0 Å². The molecular formula is C14H21FO4. The van der Waals surface area contributed by atoms with Crippen molar-refractivity contribution in [3.05, 3.63) is 29.6 Å². The second-order valence-corrected chi connectivity index (χ2v) is 4.17. The lowest BCUT2D eigenvalue weighted by Crippen LogP contribution is -2.09. The fourth-order valence-corrected chi connectivity index (χ4v) is 1.56. The van der Waals surface area contributed by atoms with Gasteiger partial charge < -0.3 is 19.3 Å². The molecule has 0 radical (unpaired) electrons. The molecule has 4 nitrogen and oxygen atoms in total. The van der Waals surface area contributed by atoms with Crippen LogP contribution in [0.2, 0.25) is 0 Å². The summed E-state index contributed by atoms with van der Waals surface area (Å²) in [6, 6.07) is 4.43. The second-order valence-electron chi connectivity index (χ2n) is 4.17. The molecule has 1 atom stereocenters. The lowest BCUT2D eigenvalue weighted by molar-refractivity contribution is 0.0805. The number of hydrogen-bond donors (Lipinski definition) is 1. The Morgan fingerprint density at radius 3 is 2.63 bits per heavy atom. The highest BCUT2D eigenvalue weighted by atomic mass is 19.1. The van der Waals surface area contributed by atoms with Crippen LogP contribution in [-0.2, 0) is 9.47 Å². The normalized spacial score (nSPS) is 12.4. The van der Waals surface area contributed by atoms with Crippen molar-refractivity contribution in [1.82, 2.24) is 0 Å². The molecule has 0 saturated carbocycles. The maximum absolute atomic E-state index is 13.5. The van der Waals surface area contributed by atoms with E-state index < -0.39 is 11.9 Å². The summed E-state index contributed by atoms with van der Waals surface area (Å²) in [4.78, 5) is 0. The minimum atomic E-state index is -0.821. The van der Waals surface area contributed by atoms with E-state index in [2.05, 4.69) is 0 Å². The topological polar surface area (TPSA) is 47.9 Å². The summed E-state index contributed by atoms with van der Waals surface area (Å²) >= 11 is 0. The van der Waals surface area contributed by atoms with E-state index in [1.54, 1.807) is 13.2 Å². The summed E-state index contributed by atoms with van der Waals surface area (Å²) in [5.41, 5.74) is 0.267. The van der Waals surface area contributed by atoms with Crippen LogP contribution in [-0.4, -0.2) is 38.6 Å². The summed E-state index contributed by atoms with van der Waals surface area (Å²) in [7, 11) is 1.65. The highest BCUT2D eigenvalue weighted by Gasteiger charge is 2.08. The van der Waals surface area contributed by atoms with Crippen LogP contribution in [0.4, 0.5) is 4.39 Å². The Morgan fingerprint density at radius 1 is 1.21 bits per heavy atom. The molecule has 0 aromatic heterocycles. The first kappa shape index (κ1) is 15.9. The van der Waals surface area contributed by atoms with E-state index >= 15 is 0 Å². The van der Waals surface area contributed by atoms with Crippen LogP contribution in [0.15, 0.2) is 18.2 Å². The summed E-state index contributed by atoms with van der Waals surface area (Å²) in [5, 5.41) is 9.30. The number of halogens is 1. The van der Waals surface area contributed by atoms with Crippen molar-refractivity contribution in [2.75, 3.05) is 33.5 Å². The van der Waals surface area contributed by atoms with Crippen molar-refractivity contribution in [3.8, 4) is 5.75 Å². The Morgan fingerprint density at radius 2 is 2.00 bits per heavy atom. The van der Waals surface area contributed by atoms with Gasteiger partial charge in [-0.3, -0.25) is 0 Å². The molecule has 1 aromatic carbocycles. The fraction of sp³-hybridized carbons (Fsp3) is 0.571. The van der Waals surface area contributed by atoms with Gasteiger partial charge in [0, 0.05) is 32.0 Å². The number of ether oxygens (including phenoxy) is 3. The Bertz CT molecular complexity index is 368. The quantitative estimate of drug-likeness (QED) is 0.701. The third kappa shape index (κ3) is 6.00. The molecule has 108 valence electrons. The Hall–Kier alpha value is -1.17. The van der Waals surface area contributed by atoms with E-state index in [1.807, 2.05) is 0 Å². The molecule has 0 fully saturated rings. The van der Waals surface area contributed by atoms with Crippen LogP contribution < -0.4 is 4.74 Å². The molecule has 19 heavy (non-hydrogen) atoms. The molecule has 0 amide bonds. The van der Waals surface area contributed by atoms with Crippen LogP contribution in [0.25, 0.3) is 0 Å². The van der Waals surface area contributed by atoms with Gasteiger partial charge in [0.15, 0.2) is 0 Å². The number of benzene rings is 1. The Labute approximate surface area is 113 Å². The molecule has 0 saturated heterocycles. The number of methoxy groups -OCH3 is 1. The van der Waals surface area contributed by atoms with Crippen molar-refractivity contribution in [2.24, 2.45) is 0 Å². The Balaban J connectivity index is 2.25. The molecule has 0 bridgehead atoms. The van der Waals surface area contributed by atoms with Crippen LogP contribution in [0.1, 0.15) is 25.0 Å². The van der Waals surface area contributed by atoms with Gasteiger partial charge in [0.1, 0.15) is 18.2 Å². The zero-order chi connectivity index (χ0) is 14.1. The first-order valence-electron chi connectivity index (χ1n) is 6.32. The van der Waals surface area contributed by atoms with Crippen molar-refractivity contribution in [1.29, 1.82) is 0 Å². The van der Waals surface area contributed by atoms with Gasteiger partial charge in [-0.1, -0.05) is 0 Å². The fourth-order valence-electron chi connectivity index (χ4n) is 1.56. The highest BCUT2D eigenvalue weighted by molar-refractivity contribution is 5.29. The number of rotatable bonds is 9. The number of aliphatic hydroxyl groups is 1. The third-order valence-corrected chi connectivity index (χ3v) is 2.56. The predicted octanol–water partition coefficient (Wildman–Crippen LogP) is 2.31. The minimum absolute atomic E-state index is 0.267.